The van der Waals surface area contributed by atoms with Gasteiger partial charge < -0.3 is 10.2 Å². The standard InChI is InChI=1S/C17H26N8O2/c1-12(2)8-18-17(27)22-14(26)10-24-4-6-25(7-5-24)16-13-9-21-23(3)15(13)19-11-20-16/h9,11-12H,4-8,10H2,1-3H3,(H2,18,22,26,27). The van der Waals surface area contributed by atoms with Crippen LogP contribution in [-0.4, -0.2) is 75.9 Å². The van der Waals surface area contributed by atoms with Crippen molar-refractivity contribution in [2.75, 3.05) is 44.2 Å². The first-order chi connectivity index (χ1) is 12.9. The van der Waals surface area contributed by atoms with Gasteiger partial charge in [0, 0.05) is 39.8 Å². The quantitative estimate of drug-likeness (QED) is 0.756. The molecule has 3 heterocycles. The van der Waals surface area contributed by atoms with Gasteiger partial charge in [-0.05, 0) is 5.92 Å². The van der Waals surface area contributed by atoms with Crippen LogP contribution in [0.25, 0.3) is 11.0 Å². The van der Waals surface area contributed by atoms with Crippen LogP contribution in [0.5, 0.6) is 0 Å². The molecule has 3 amide bonds. The van der Waals surface area contributed by atoms with Gasteiger partial charge in [0.05, 0.1) is 18.1 Å². The average molecular weight is 374 g/mol. The van der Waals surface area contributed by atoms with Gasteiger partial charge in [-0.1, -0.05) is 13.8 Å². The lowest BCUT2D eigenvalue weighted by molar-refractivity contribution is -0.121. The SMILES string of the molecule is CC(C)CNC(=O)NC(=O)CN1CCN(c2ncnc3c2cnn3C)CC1. The zero-order valence-corrected chi connectivity index (χ0v) is 16.0. The van der Waals surface area contributed by atoms with Crippen LogP contribution in [0, 0.1) is 5.92 Å². The molecule has 1 fully saturated rings. The van der Waals surface area contributed by atoms with Crippen LogP contribution in [-0.2, 0) is 11.8 Å². The van der Waals surface area contributed by atoms with Gasteiger partial charge in [0.15, 0.2) is 5.65 Å². The molecule has 0 aromatic carbocycles. The minimum atomic E-state index is -0.438. The molecular weight excluding hydrogens is 348 g/mol. The first kappa shape index (κ1) is 19.0. The Kier molecular flexibility index (Phi) is 5.84. The van der Waals surface area contributed by atoms with Gasteiger partial charge in [0.25, 0.3) is 0 Å². The van der Waals surface area contributed by atoms with Crippen LogP contribution < -0.4 is 15.5 Å². The monoisotopic (exact) mass is 374 g/mol. The largest absolute Gasteiger partial charge is 0.353 e. The number of aromatic nitrogens is 4. The minimum Gasteiger partial charge on any atom is -0.353 e. The summed E-state index contributed by atoms with van der Waals surface area (Å²) in [4.78, 5) is 36.6. The van der Waals surface area contributed by atoms with E-state index in [0.29, 0.717) is 25.6 Å². The number of carbonyl (C=O) groups excluding carboxylic acids is 2. The third-order valence-electron chi connectivity index (χ3n) is 4.47. The molecule has 0 spiro atoms. The lowest BCUT2D eigenvalue weighted by Gasteiger charge is -2.35. The van der Waals surface area contributed by atoms with E-state index in [4.69, 9.17) is 0 Å². The summed E-state index contributed by atoms with van der Waals surface area (Å²) in [5.74, 6) is 0.915. The first-order valence-corrected chi connectivity index (χ1v) is 9.11. The van der Waals surface area contributed by atoms with Gasteiger partial charge in [-0.3, -0.25) is 19.7 Å². The fourth-order valence-corrected chi connectivity index (χ4v) is 3.03. The summed E-state index contributed by atoms with van der Waals surface area (Å²) in [5, 5.41) is 10.2. The number of anilines is 1. The number of nitrogens with zero attached hydrogens (tertiary/aromatic N) is 6. The van der Waals surface area contributed by atoms with E-state index < -0.39 is 6.03 Å². The average Bonchev–Trinajstić information content (AvgIpc) is 3.02. The summed E-state index contributed by atoms with van der Waals surface area (Å²) in [6.45, 7) is 7.66. The molecule has 2 N–H and O–H groups in total. The number of carbonyl (C=O) groups is 2. The van der Waals surface area contributed by atoms with Gasteiger partial charge in [-0.15, -0.1) is 0 Å². The molecule has 1 aliphatic heterocycles. The molecule has 27 heavy (non-hydrogen) atoms. The van der Waals surface area contributed by atoms with Crippen molar-refractivity contribution in [2.24, 2.45) is 13.0 Å². The molecule has 0 unspecified atom stereocenters. The van der Waals surface area contributed by atoms with E-state index in [1.54, 1.807) is 17.2 Å². The zero-order valence-electron chi connectivity index (χ0n) is 16.0. The van der Waals surface area contributed by atoms with Crippen molar-refractivity contribution >= 4 is 28.8 Å². The molecule has 10 heteroatoms. The maximum atomic E-state index is 12.0. The molecule has 0 saturated carbocycles. The van der Waals surface area contributed by atoms with Crippen LogP contribution >= 0.6 is 0 Å². The van der Waals surface area contributed by atoms with E-state index in [0.717, 1.165) is 29.9 Å². The van der Waals surface area contributed by atoms with E-state index in [2.05, 4.69) is 30.6 Å². The number of imide groups is 1. The Morgan fingerprint density at radius 2 is 1.93 bits per heavy atom. The predicted octanol–water partition coefficient (Wildman–Crippen LogP) is -0.0329. The maximum absolute atomic E-state index is 12.0. The summed E-state index contributed by atoms with van der Waals surface area (Å²) in [6, 6.07) is -0.438. The smallest absolute Gasteiger partial charge is 0.321 e. The molecule has 2 aromatic heterocycles. The third kappa shape index (κ3) is 4.70. The molecule has 0 atom stereocenters. The number of piperazine rings is 1. The normalized spacial score (nSPS) is 15.3. The zero-order chi connectivity index (χ0) is 19.4. The lowest BCUT2D eigenvalue weighted by Crippen LogP contribution is -2.51. The molecule has 1 saturated heterocycles. The molecule has 0 bridgehead atoms. The van der Waals surface area contributed by atoms with Crippen molar-refractivity contribution in [2.45, 2.75) is 13.8 Å². The number of fused-ring (bicyclic) bond motifs is 1. The van der Waals surface area contributed by atoms with Crippen molar-refractivity contribution < 1.29 is 9.59 Å². The second-order valence-corrected chi connectivity index (χ2v) is 7.12. The van der Waals surface area contributed by atoms with Crippen molar-refractivity contribution in [1.29, 1.82) is 0 Å². The molecule has 1 aliphatic rings. The van der Waals surface area contributed by atoms with Crippen LogP contribution in [0.3, 0.4) is 0 Å². The van der Waals surface area contributed by atoms with E-state index in [1.807, 2.05) is 25.8 Å². The number of rotatable bonds is 5. The second-order valence-electron chi connectivity index (χ2n) is 7.12. The molecule has 10 nitrogen and oxygen atoms in total. The highest BCUT2D eigenvalue weighted by Crippen LogP contribution is 2.22. The highest BCUT2D eigenvalue weighted by molar-refractivity contribution is 5.95. The number of aryl methyl sites for hydroxylation is 1. The summed E-state index contributed by atoms with van der Waals surface area (Å²) in [7, 11) is 1.85. The number of amides is 3. The Hall–Kier alpha value is -2.75. The highest BCUT2D eigenvalue weighted by atomic mass is 16.2. The Balaban J connectivity index is 1.50. The van der Waals surface area contributed by atoms with Crippen molar-refractivity contribution in [3.63, 3.8) is 0 Å². The second kappa shape index (κ2) is 8.30. The van der Waals surface area contributed by atoms with E-state index in [-0.39, 0.29) is 12.5 Å². The van der Waals surface area contributed by atoms with Gasteiger partial charge in [0.2, 0.25) is 5.91 Å². The summed E-state index contributed by atoms with van der Waals surface area (Å²) in [5.41, 5.74) is 0.800. The van der Waals surface area contributed by atoms with Crippen LogP contribution in [0.4, 0.5) is 10.6 Å². The van der Waals surface area contributed by atoms with Crippen molar-refractivity contribution in [3.05, 3.63) is 12.5 Å². The van der Waals surface area contributed by atoms with Crippen molar-refractivity contribution in [1.82, 2.24) is 35.3 Å². The maximum Gasteiger partial charge on any atom is 0.321 e. The van der Waals surface area contributed by atoms with Crippen LogP contribution in [0.15, 0.2) is 12.5 Å². The third-order valence-corrected chi connectivity index (χ3v) is 4.47. The summed E-state index contributed by atoms with van der Waals surface area (Å²) >= 11 is 0. The first-order valence-electron chi connectivity index (χ1n) is 9.11. The Bertz CT molecular complexity index is 810. The molecule has 0 aliphatic carbocycles. The fraction of sp³-hybridized carbons (Fsp3) is 0.588. The Morgan fingerprint density at radius 1 is 1.19 bits per heavy atom. The predicted molar refractivity (Wildman–Crippen MR) is 101 cm³/mol. The van der Waals surface area contributed by atoms with Gasteiger partial charge in [-0.2, -0.15) is 5.10 Å². The van der Waals surface area contributed by atoms with Crippen LogP contribution in [0.1, 0.15) is 13.8 Å². The topological polar surface area (TPSA) is 108 Å². The van der Waals surface area contributed by atoms with Crippen LogP contribution in [0.2, 0.25) is 0 Å². The molecule has 2 aromatic rings. The van der Waals surface area contributed by atoms with Crippen molar-refractivity contribution in [3.8, 4) is 0 Å². The molecular formula is C17H26N8O2. The Labute approximate surface area is 157 Å². The molecule has 0 radical (unpaired) electrons. The lowest BCUT2D eigenvalue weighted by atomic mass is 10.2. The number of urea groups is 1. The van der Waals surface area contributed by atoms with E-state index in [9.17, 15) is 9.59 Å². The fourth-order valence-electron chi connectivity index (χ4n) is 3.03. The van der Waals surface area contributed by atoms with Gasteiger partial charge >= 0.3 is 6.03 Å². The van der Waals surface area contributed by atoms with Gasteiger partial charge in [0.1, 0.15) is 12.1 Å². The highest BCUT2D eigenvalue weighted by Gasteiger charge is 2.22. The number of nitrogens with one attached hydrogen (secondary N) is 2. The summed E-state index contributed by atoms with van der Waals surface area (Å²) < 4.78 is 1.73. The number of hydrogen-bond donors (Lipinski definition) is 2. The molecule has 3 rings (SSSR count). The Morgan fingerprint density at radius 3 is 2.63 bits per heavy atom. The van der Waals surface area contributed by atoms with E-state index >= 15 is 0 Å². The summed E-state index contributed by atoms with van der Waals surface area (Å²) in [6.07, 6.45) is 3.33. The van der Waals surface area contributed by atoms with E-state index in [1.165, 1.54) is 0 Å². The molecule has 146 valence electrons. The number of hydrogen-bond acceptors (Lipinski definition) is 7. The minimum absolute atomic E-state index is 0.203. The van der Waals surface area contributed by atoms with Gasteiger partial charge in [-0.25, -0.2) is 14.8 Å².